The molecular weight excluding hydrogens is 595 g/mol. The van der Waals surface area contributed by atoms with Crippen LogP contribution in [0.3, 0.4) is 0 Å². The van der Waals surface area contributed by atoms with Crippen LogP contribution >= 0.6 is 39.1 Å². The van der Waals surface area contributed by atoms with Gasteiger partial charge >= 0.3 is 11.8 Å². The van der Waals surface area contributed by atoms with Gasteiger partial charge in [-0.05, 0) is 54.4 Å². The molecule has 0 aliphatic carbocycles. The standard InChI is InChI=1S/C28H27BrCl2N2O5/c1-32(15-19-6-7-20(29)11-26(19)38-25-13-21(30)12-22(31)14-25)27(34)28(35)33-9-8-24(16-33)37-17-18-4-3-5-23(10-18)36-2/h3-7,10-14,24H,8-9,15-17H2,1-2H3. The molecule has 0 saturated carbocycles. The van der Waals surface area contributed by atoms with Crippen molar-refractivity contribution in [3.63, 3.8) is 0 Å². The molecule has 10 heteroatoms. The van der Waals surface area contributed by atoms with Crippen molar-refractivity contribution in [1.82, 2.24) is 9.80 Å². The first-order valence-electron chi connectivity index (χ1n) is 11.9. The van der Waals surface area contributed by atoms with Crippen molar-refractivity contribution in [3.05, 3.63) is 86.3 Å². The van der Waals surface area contributed by atoms with Gasteiger partial charge in [-0.2, -0.15) is 0 Å². The van der Waals surface area contributed by atoms with Gasteiger partial charge < -0.3 is 24.0 Å². The van der Waals surface area contributed by atoms with Gasteiger partial charge in [-0.3, -0.25) is 9.59 Å². The second kappa shape index (κ2) is 12.8. The number of benzene rings is 3. The van der Waals surface area contributed by atoms with E-state index in [4.69, 9.17) is 37.4 Å². The first-order valence-corrected chi connectivity index (χ1v) is 13.5. The van der Waals surface area contributed by atoms with Gasteiger partial charge in [0, 0.05) is 46.8 Å². The van der Waals surface area contributed by atoms with Crippen LogP contribution in [0.2, 0.25) is 10.0 Å². The molecule has 38 heavy (non-hydrogen) atoms. The third-order valence-corrected chi connectivity index (χ3v) is 7.01. The van der Waals surface area contributed by atoms with E-state index in [1.54, 1.807) is 43.3 Å². The maximum Gasteiger partial charge on any atom is 0.312 e. The van der Waals surface area contributed by atoms with Crippen LogP contribution in [0.15, 0.2) is 65.1 Å². The van der Waals surface area contributed by atoms with Crippen LogP contribution in [0.5, 0.6) is 17.2 Å². The summed E-state index contributed by atoms with van der Waals surface area (Å²) in [5.41, 5.74) is 1.70. The van der Waals surface area contributed by atoms with E-state index in [9.17, 15) is 9.59 Å². The zero-order valence-corrected chi connectivity index (χ0v) is 24.1. The van der Waals surface area contributed by atoms with Crippen LogP contribution in [-0.4, -0.2) is 55.0 Å². The molecule has 200 valence electrons. The fraction of sp³-hybridized carbons (Fsp3) is 0.286. The molecule has 1 atom stereocenters. The van der Waals surface area contributed by atoms with Crippen molar-refractivity contribution in [1.29, 1.82) is 0 Å². The molecule has 0 N–H and O–H groups in total. The molecule has 2 amide bonds. The summed E-state index contributed by atoms with van der Waals surface area (Å²) in [5.74, 6) is 0.582. The summed E-state index contributed by atoms with van der Waals surface area (Å²) in [5, 5.41) is 0.886. The number of carbonyl (C=O) groups excluding carboxylic acids is 2. The van der Waals surface area contributed by atoms with Crippen molar-refractivity contribution in [2.75, 3.05) is 27.2 Å². The van der Waals surface area contributed by atoms with Gasteiger partial charge in [-0.25, -0.2) is 0 Å². The van der Waals surface area contributed by atoms with E-state index >= 15 is 0 Å². The van der Waals surface area contributed by atoms with Crippen LogP contribution < -0.4 is 9.47 Å². The average Bonchev–Trinajstić information content (AvgIpc) is 3.37. The lowest BCUT2D eigenvalue weighted by Crippen LogP contribution is -2.43. The van der Waals surface area contributed by atoms with Crippen molar-refractivity contribution >= 4 is 50.9 Å². The third-order valence-electron chi connectivity index (χ3n) is 6.08. The minimum atomic E-state index is -0.599. The van der Waals surface area contributed by atoms with E-state index in [1.807, 2.05) is 36.4 Å². The lowest BCUT2D eigenvalue weighted by atomic mass is 10.2. The molecule has 3 aromatic carbocycles. The molecule has 1 heterocycles. The third kappa shape index (κ3) is 7.41. The highest BCUT2D eigenvalue weighted by Crippen LogP contribution is 2.32. The highest BCUT2D eigenvalue weighted by atomic mass is 79.9. The van der Waals surface area contributed by atoms with Crippen LogP contribution in [0.1, 0.15) is 17.5 Å². The van der Waals surface area contributed by atoms with Gasteiger partial charge in [0.25, 0.3) is 0 Å². The Morgan fingerprint density at radius 1 is 1.05 bits per heavy atom. The fourth-order valence-electron chi connectivity index (χ4n) is 4.12. The lowest BCUT2D eigenvalue weighted by Gasteiger charge is -2.22. The molecule has 1 unspecified atom stereocenters. The molecule has 1 saturated heterocycles. The molecular formula is C28H27BrCl2N2O5. The quantitative estimate of drug-likeness (QED) is 0.275. The molecule has 1 fully saturated rings. The van der Waals surface area contributed by atoms with Crippen LogP contribution in [-0.2, 0) is 27.5 Å². The number of hydrogen-bond donors (Lipinski definition) is 0. The molecule has 4 rings (SSSR count). The van der Waals surface area contributed by atoms with Gasteiger partial charge in [0.15, 0.2) is 0 Å². The number of likely N-dealkylation sites (tertiary alicyclic amines) is 1. The maximum atomic E-state index is 13.0. The van der Waals surface area contributed by atoms with Crippen molar-refractivity contribution < 1.29 is 23.8 Å². The van der Waals surface area contributed by atoms with E-state index in [0.717, 1.165) is 15.8 Å². The summed E-state index contributed by atoms with van der Waals surface area (Å²) in [7, 11) is 3.21. The topological polar surface area (TPSA) is 68.3 Å². The Labute approximate surface area is 240 Å². The summed E-state index contributed by atoms with van der Waals surface area (Å²) in [4.78, 5) is 28.9. The molecule has 7 nitrogen and oxygen atoms in total. The Balaban J connectivity index is 1.35. The molecule has 1 aliphatic rings. The van der Waals surface area contributed by atoms with Gasteiger partial charge in [0.05, 0.1) is 19.8 Å². The van der Waals surface area contributed by atoms with E-state index in [-0.39, 0.29) is 12.6 Å². The Morgan fingerprint density at radius 2 is 1.82 bits per heavy atom. The smallest absolute Gasteiger partial charge is 0.312 e. The fourth-order valence-corrected chi connectivity index (χ4v) is 4.97. The maximum absolute atomic E-state index is 13.0. The number of methoxy groups -OCH3 is 1. The second-order valence-corrected chi connectivity index (χ2v) is 10.7. The zero-order chi connectivity index (χ0) is 27.2. The summed E-state index contributed by atoms with van der Waals surface area (Å²) < 4.78 is 18.1. The van der Waals surface area contributed by atoms with Crippen LogP contribution in [0.4, 0.5) is 0 Å². The Hall–Kier alpha value is -2.78. The summed E-state index contributed by atoms with van der Waals surface area (Å²) in [6.07, 6.45) is 0.527. The van der Waals surface area contributed by atoms with E-state index in [2.05, 4.69) is 15.9 Å². The van der Waals surface area contributed by atoms with Crippen LogP contribution in [0.25, 0.3) is 0 Å². The number of rotatable bonds is 8. The molecule has 0 spiro atoms. The summed E-state index contributed by atoms with van der Waals surface area (Å²) >= 11 is 15.7. The predicted octanol–water partition coefficient (Wildman–Crippen LogP) is 6.33. The first-order chi connectivity index (χ1) is 18.2. The predicted molar refractivity (Wildman–Crippen MR) is 150 cm³/mol. The number of hydrogen-bond acceptors (Lipinski definition) is 5. The second-order valence-electron chi connectivity index (χ2n) is 8.94. The SMILES string of the molecule is COc1cccc(COC2CCN(C(=O)C(=O)N(C)Cc3ccc(Br)cc3Oc3cc(Cl)cc(Cl)c3)C2)c1. The van der Waals surface area contributed by atoms with Gasteiger partial charge in [-0.15, -0.1) is 0 Å². The van der Waals surface area contributed by atoms with Crippen molar-refractivity contribution in [3.8, 4) is 17.2 Å². The van der Waals surface area contributed by atoms with Crippen molar-refractivity contribution in [2.24, 2.45) is 0 Å². The first kappa shape index (κ1) is 28.2. The highest BCUT2D eigenvalue weighted by molar-refractivity contribution is 9.10. The zero-order valence-electron chi connectivity index (χ0n) is 21.0. The number of nitrogens with zero attached hydrogens (tertiary/aromatic N) is 2. The minimum absolute atomic E-state index is 0.140. The Bertz CT molecular complexity index is 1300. The summed E-state index contributed by atoms with van der Waals surface area (Å²) in [6.45, 7) is 1.40. The molecule has 0 radical (unpaired) electrons. The average molecular weight is 622 g/mol. The number of amides is 2. The largest absolute Gasteiger partial charge is 0.497 e. The van der Waals surface area contributed by atoms with E-state index in [1.165, 1.54) is 4.90 Å². The van der Waals surface area contributed by atoms with Crippen LogP contribution in [0, 0.1) is 0 Å². The molecule has 1 aliphatic heterocycles. The number of likely N-dealkylation sites (N-methyl/N-ethyl adjacent to an activating group) is 1. The Kier molecular flexibility index (Phi) is 9.54. The number of halogens is 3. The number of carbonyl (C=O) groups is 2. The van der Waals surface area contributed by atoms with Gasteiger partial charge in [-0.1, -0.05) is 57.3 Å². The Morgan fingerprint density at radius 3 is 2.55 bits per heavy atom. The normalized spacial score (nSPS) is 14.9. The number of ether oxygens (including phenoxy) is 3. The van der Waals surface area contributed by atoms with Gasteiger partial charge in [0.1, 0.15) is 17.2 Å². The summed E-state index contributed by atoms with van der Waals surface area (Å²) in [6, 6.07) is 18.0. The van der Waals surface area contributed by atoms with E-state index < -0.39 is 11.8 Å². The highest BCUT2D eigenvalue weighted by Gasteiger charge is 2.32. The lowest BCUT2D eigenvalue weighted by molar-refractivity contribution is -0.151. The molecule has 0 bridgehead atoms. The minimum Gasteiger partial charge on any atom is -0.497 e. The van der Waals surface area contributed by atoms with Crippen molar-refractivity contribution in [2.45, 2.75) is 25.7 Å². The van der Waals surface area contributed by atoms with Gasteiger partial charge in [0.2, 0.25) is 0 Å². The van der Waals surface area contributed by atoms with E-state index in [0.29, 0.717) is 53.2 Å². The monoisotopic (exact) mass is 620 g/mol. The molecule has 3 aromatic rings. The molecule has 0 aromatic heterocycles.